The van der Waals surface area contributed by atoms with Gasteiger partial charge in [0, 0.05) is 25.7 Å². The molecule has 1 fully saturated rings. The number of carbonyl (C=O) groups excluding carboxylic acids is 2. The Morgan fingerprint density at radius 1 is 1.14 bits per heavy atom. The maximum Gasteiger partial charge on any atom is 0.407 e. The fourth-order valence-corrected chi connectivity index (χ4v) is 2.46. The maximum atomic E-state index is 11.7. The molecule has 1 saturated carbocycles. The second-order valence-electron chi connectivity index (χ2n) is 6.98. The summed E-state index contributed by atoms with van der Waals surface area (Å²) in [7, 11) is 1.81. The van der Waals surface area contributed by atoms with Gasteiger partial charge in [-0.05, 0) is 53.4 Å². The third kappa shape index (κ3) is 7.11. The fraction of sp³-hybridized carbons (Fsp3) is 0.875. The molecule has 6 heteroatoms. The van der Waals surface area contributed by atoms with Crippen molar-refractivity contribution in [1.29, 1.82) is 0 Å². The van der Waals surface area contributed by atoms with Gasteiger partial charge in [0.25, 0.3) is 0 Å². The van der Waals surface area contributed by atoms with Crippen molar-refractivity contribution in [2.75, 3.05) is 20.1 Å². The second kappa shape index (κ2) is 8.36. The van der Waals surface area contributed by atoms with Crippen molar-refractivity contribution in [1.82, 2.24) is 15.5 Å². The number of rotatable bonds is 5. The topological polar surface area (TPSA) is 70.7 Å². The normalized spacial score (nSPS) is 22.0. The largest absolute Gasteiger partial charge is 0.444 e. The summed E-state index contributed by atoms with van der Waals surface area (Å²) in [4.78, 5) is 25.2. The van der Waals surface area contributed by atoms with Crippen LogP contribution in [-0.4, -0.2) is 54.7 Å². The molecule has 2 amide bonds. The van der Waals surface area contributed by atoms with E-state index in [1.165, 1.54) is 0 Å². The van der Waals surface area contributed by atoms with Crippen LogP contribution in [-0.2, 0) is 9.53 Å². The van der Waals surface area contributed by atoms with Gasteiger partial charge >= 0.3 is 6.09 Å². The van der Waals surface area contributed by atoms with E-state index < -0.39 is 5.60 Å². The molecule has 0 heterocycles. The summed E-state index contributed by atoms with van der Waals surface area (Å²) < 4.78 is 5.27. The Balaban J connectivity index is 2.23. The molecule has 1 aliphatic carbocycles. The Hall–Kier alpha value is -1.30. The monoisotopic (exact) mass is 313 g/mol. The number of ether oxygens (including phenoxy) is 1. The summed E-state index contributed by atoms with van der Waals surface area (Å²) in [5.74, 6) is 0.122. The predicted molar refractivity (Wildman–Crippen MR) is 86.7 cm³/mol. The number of hydrogen-bond donors (Lipinski definition) is 2. The molecule has 2 N–H and O–H groups in total. The van der Waals surface area contributed by atoms with E-state index in [0.29, 0.717) is 12.6 Å². The Morgan fingerprint density at radius 3 is 2.18 bits per heavy atom. The highest BCUT2D eigenvalue weighted by Gasteiger charge is 2.24. The summed E-state index contributed by atoms with van der Waals surface area (Å²) in [6.45, 7) is 8.66. The van der Waals surface area contributed by atoms with Crippen molar-refractivity contribution in [2.45, 2.75) is 71.1 Å². The summed E-state index contributed by atoms with van der Waals surface area (Å²) in [6.07, 6.45) is 3.40. The van der Waals surface area contributed by atoms with Crippen LogP contribution in [0.2, 0.25) is 0 Å². The van der Waals surface area contributed by atoms with Crippen molar-refractivity contribution < 1.29 is 14.3 Å². The minimum atomic E-state index is -0.464. The van der Waals surface area contributed by atoms with Crippen LogP contribution < -0.4 is 10.6 Å². The number of carbonyl (C=O) groups is 2. The molecule has 0 spiro atoms. The number of hydrogen-bond acceptors (Lipinski definition) is 4. The molecule has 0 aromatic rings. The van der Waals surface area contributed by atoms with Crippen LogP contribution in [0.3, 0.4) is 0 Å². The zero-order valence-corrected chi connectivity index (χ0v) is 14.6. The van der Waals surface area contributed by atoms with E-state index in [2.05, 4.69) is 10.6 Å². The van der Waals surface area contributed by atoms with Crippen molar-refractivity contribution in [3.05, 3.63) is 0 Å². The quantitative estimate of drug-likeness (QED) is 0.813. The molecule has 0 saturated heterocycles. The molecule has 0 bridgehead atoms. The molecule has 128 valence electrons. The van der Waals surface area contributed by atoms with Crippen LogP contribution in [0.1, 0.15) is 53.4 Å². The summed E-state index contributed by atoms with van der Waals surface area (Å²) in [5, 5.41) is 6.24. The first kappa shape index (κ1) is 18.7. The molecule has 0 aliphatic heterocycles. The average Bonchev–Trinajstić information content (AvgIpc) is 2.43. The Kier molecular flexibility index (Phi) is 7.13. The van der Waals surface area contributed by atoms with Crippen molar-refractivity contribution in [3.63, 3.8) is 0 Å². The van der Waals surface area contributed by atoms with E-state index in [1.54, 1.807) is 4.90 Å². The molecule has 0 aromatic carbocycles. The van der Waals surface area contributed by atoms with Gasteiger partial charge in [-0.2, -0.15) is 0 Å². The minimum Gasteiger partial charge on any atom is -0.444 e. The van der Waals surface area contributed by atoms with Crippen molar-refractivity contribution in [2.24, 2.45) is 0 Å². The van der Waals surface area contributed by atoms with Gasteiger partial charge in [-0.1, -0.05) is 0 Å². The fourth-order valence-electron chi connectivity index (χ4n) is 2.46. The number of alkyl carbamates (subject to hydrolysis) is 1. The van der Waals surface area contributed by atoms with Crippen LogP contribution in [0.5, 0.6) is 0 Å². The molecule has 0 atom stereocenters. The molecule has 1 rings (SSSR count). The first-order valence-corrected chi connectivity index (χ1v) is 8.18. The summed E-state index contributed by atoms with van der Waals surface area (Å²) in [6, 6.07) is 0.521. The zero-order valence-electron chi connectivity index (χ0n) is 14.6. The highest BCUT2D eigenvalue weighted by atomic mass is 16.6. The lowest BCUT2D eigenvalue weighted by Crippen LogP contribution is -2.46. The highest BCUT2D eigenvalue weighted by Crippen LogP contribution is 2.19. The van der Waals surface area contributed by atoms with Gasteiger partial charge in [-0.15, -0.1) is 0 Å². The standard InChI is InChI=1S/C16H31N3O3/c1-6-19(5)14(20)11-17-12-7-9-13(10-8-12)18-15(21)22-16(2,3)4/h12-13,17H,6-11H2,1-5H3,(H,18,21). The summed E-state index contributed by atoms with van der Waals surface area (Å²) in [5.41, 5.74) is -0.464. The molecular weight excluding hydrogens is 282 g/mol. The van der Waals surface area contributed by atoms with Crippen LogP contribution in [0.25, 0.3) is 0 Å². The lowest BCUT2D eigenvalue weighted by atomic mass is 9.91. The van der Waals surface area contributed by atoms with E-state index in [4.69, 9.17) is 4.74 Å². The van der Waals surface area contributed by atoms with E-state index in [-0.39, 0.29) is 18.0 Å². The van der Waals surface area contributed by atoms with E-state index in [0.717, 1.165) is 32.2 Å². The van der Waals surface area contributed by atoms with Gasteiger partial charge in [0.15, 0.2) is 0 Å². The number of nitrogens with one attached hydrogen (secondary N) is 2. The number of amides is 2. The van der Waals surface area contributed by atoms with Crippen molar-refractivity contribution >= 4 is 12.0 Å². The molecule has 0 radical (unpaired) electrons. The predicted octanol–water partition coefficient (Wildman–Crippen LogP) is 1.89. The second-order valence-corrected chi connectivity index (χ2v) is 6.98. The van der Waals surface area contributed by atoms with Crippen molar-refractivity contribution in [3.8, 4) is 0 Å². The van der Waals surface area contributed by atoms with Crippen LogP contribution in [0, 0.1) is 0 Å². The van der Waals surface area contributed by atoms with Gasteiger partial charge in [-0.3, -0.25) is 4.79 Å². The lowest BCUT2D eigenvalue weighted by molar-refractivity contribution is -0.128. The molecule has 6 nitrogen and oxygen atoms in total. The third-order valence-electron chi connectivity index (χ3n) is 3.89. The SMILES string of the molecule is CCN(C)C(=O)CNC1CCC(NC(=O)OC(C)(C)C)CC1. The minimum absolute atomic E-state index is 0.122. The Bertz CT molecular complexity index is 371. The smallest absolute Gasteiger partial charge is 0.407 e. The Morgan fingerprint density at radius 2 is 1.68 bits per heavy atom. The highest BCUT2D eigenvalue weighted by molar-refractivity contribution is 5.77. The van der Waals surface area contributed by atoms with Gasteiger partial charge < -0.3 is 20.3 Å². The first-order valence-electron chi connectivity index (χ1n) is 8.18. The number of nitrogens with zero attached hydrogens (tertiary/aromatic N) is 1. The van der Waals surface area contributed by atoms with Crippen LogP contribution in [0.4, 0.5) is 4.79 Å². The van der Waals surface area contributed by atoms with Gasteiger partial charge in [0.2, 0.25) is 5.91 Å². The third-order valence-corrected chi connectivity index (χ3v) is 3.89. The molecule has 1 aliphatic rings. The lowest BCUT2D eigenvalue weighted by Gasteiger charge is -2.30. The molecule has 0 unspecified atom stereocenters. The van der Waals surface area contributed by atoms with Crippen LogP contribution >= 0.6 is 0 Å². The maximum absolute atomic E-state index is 11.7. The van der Waals surface area contributed by atoms with Gasteiger partial charge in [0.05, 0.1) is 6.54 Å². The van der Waals surface area contributed by atoms with E-state index >= 15 is 0 Å². The molecular formula is C16H31N3O3. The molecule has 22 heavy (non-hydrogen) atoms. The molecule has 0 aromatic heterocycles. The number of likely N-dealkylation sites (N-methyl/N-ethyl adjacent to an activating group) is 1. The van der Waals surface area contributed by atoms with E-state index in [9.17, 15) is 9.59 Å². The van der Waals surface area contributed by atoms with Gasteiger partial charge in [-0.25, -0.2) is 4.79 Å². The zero-order chi connectivity index (χ0) is 16.8. The van der Waals surface area contributed by atoms with E-state index in [1.807, 2.05) is 34.7 Å². The Labute approximate surface area is 134 Å². The van der Waals surface area contributed by atoms with Crippen LogP contribution in [0.15, 0.2) is 0 Å². The summed E-state index contributed by atoms with van der Waals surface area (Å²) >= 11 is 0. The average molecular weight is 313 g/mol. The first-order chi connectivity index (χ1) is 10.2. The van der Waals surface area contributed by atoms with Gasteiger partial charge in [0.1, 0.15) is 5.60 Å².